The van der Waals surface area contributed by atoms with Crippen LogP contribution in [0.3, 0.4) is 0 Å². The van der Waals surface area contributed by atoms with Crippen LogP contribution in [-0.2, 0) is 20.9 Å². The summed E-state index contributed by atoms with van der Waals surface area (Å²) in [6.45, 7) is 6.55. The van der Waals surface area contributed by atoms with Crippen molar-refractivity contribution in [3.63, 3.8) is 0 Å². The molecule has 0 amide bonds. The molecule has 0 aliphatic heterocycles. The number of aromatic hydroxyl groups is 1. The van der Waals surface area contributed by atoms with Crippen LogP contribution >= 0.6 is 23.2 Å². The average Bonchev–Trinajstić information content (AvgIpc) is 2.79. The lowest BCUT2D eigenvalue weighted by molar-refractivity contribution is -0.155. The van der Waals surface area contributed by atoms with E-state index < -0.39 is 12.1 Å². The molecular weight excluding hydrogens is 477 g/mol. The topological polar surface area (TPSA) is 77.9 Å². The highest BCUT2D eigenvalue weighted by molar-refractivity contribution is 6.36. The van der Waals surface area contributed by atoms with Gasteiger partial charge in [-0.25, -0.2) is 4.79 Å². The molecule has 0 saturated heterocycles. The predicted octanol–water partition coefficient (Wildman–Crippen LogP) is 6.31. The number of esters is 1. The third kappa shape index (κ3) is 7.35. The zero-order valence-corrected chi connectivity index (χ0v) is 20.8. The lowest BCUT2D eigenvalue weighted by Gasteiger charge is -2.25. The number of aromatic nitrogens is 1. The fourth-order valence-corrected chi connectivity index (χ4v) is 3.56. The van der Waals surface area contributed by atoms with Crippen molar-refractivity contribution in [3.05, 3.63) is 76.4 Å². The maximum atomic E-state index is 12.5. The van der Waals surface area contributed by atoms with E-state index in [4.69, 9.17) is 37.4 Å². The second-order valence-electron chi connectivity index (χ2n) is 8.68. The molecule has 3 aromatic rings. The molecular formula is C26H27Cl2NO5. The zero-order valence-electron chi connectivity index (χ0n) is 19.3. The molecule has 180 valence electrons. The van der Waals surface area contributed by atoms with Crippen molar-refractivity contribution in [1.29, 1.82) is 0 Å². The summed E-state index contributed by atoms with van der Waals surface area (Å²) in [6.07, 6.45) is 0.547. The Balaban J connectivity index is 1.51. The average molecular weight is 504 g/mol. The van der Waals surface area contributed by atoms with Crippen molar-refractivity contribution in [3.8, 4) is 22.8 Å². The van der Waals surface area contributed by atoms with Crippen molar-refractivity contribution < 1.29 is 24.1 Å². The minimum Gasteiger partial charge on any atom is -0.504 e. The van der Waals surface area contributed by atoms with Gasteiger partial charge in [-0.1, -0.05) is 67.4 Å². The molecule has 1 aromatic heterocycles. The predicted molar refractivity (Wildman–Crippen MR) is 132 cm³/mol. The van der Waals surface area contributed by atoms with Crippen LogP contribution in [0.4, 0.5) is 0 Å². The van der Waals surface area contributed by atoms with E-state index in [2.05, 4.69) is 4.98 Å². The number of hydrogen-bond acceptors (Lipinski definition) is 6. The highest BCUT2D eigenvalue weighted by Gasteiger charge is 2.24. The van der Waals surface area contributed by atoms with Gasteiger partial charge < -0.3 is 19.3 Å². The standard InChI is InChI=1S/C26H27Cl2NO5/c1-17(25(31)33-16-26(2,3)15-32-14-18-7-5-4-6-8-18)34-23-10-9-19(11-22(23)30)24-21(28)12-20(27)13-29-24/h4-13,17,30H,14-16H2,1-3H3. The SMILES string of the molecule is CC(Oc1ccc(-c2ncc(Cl)cc2Cl)cc1O)C(=O)OCC(C)(C)COCc1ccccc1. The fraction of sp³-hybridized carbons (Fsp3) is 0.308. The number of hydrogen-bond donors (Lipinski definition) is 1. The Morgan fingerprint density at radius 1 is 1.09 bits per heavy atom. The summed E-state index contributed by atoms with van der Waals surface area (Å²) in [5.41, 5.74) is 1.76. The van der Waals surface area contributed by atoms with Gasteiger partial charge in [-0.15, -0.1) is 0 Å². The van der Waals surface area contributed by atoms with E-state index in [9.17, 15) is 9.90 Å². The van der Waals surface area contributed by atoms with Crippen LogP contribution in [0.2, 0.25) is 10.0 Å². The fourth-order valence-electron chi connectivity index (χ4n) is 3.07. The van der Waals surface area contributed by atoms with Gasteiger partial charge in [0.05, 0.1) is 35.6 Å². The molecule has 0 aliphatic carbocycles. The van der Waals surface area contributed by atoms with Crippen LogP contribution in [0.1, 0.15) is 26.3 Å². The van der Waals surface area contributed by atoms with Crippen LogP contribution in [0, 0.1) is 5.41 Å². The summed E-state index contributed by atoms with van der Waals surface area (Å²) in [5.74, 6) is -0.551. The highest BCUT2D eigenvalue weighted by Crippen LogP contribution is 2.35. The van der Waals surface area contributed by atoms with E-state index in [-0.39, 0.29) is 23.5 Å². The molecule has 1 unspecified atom stereocenters. The Labute approximate surface area is 209 Å². The van der Waals surface area contributed by atoms with E-state index in [1.165, 1.54) is 12.3 Å². The Morgan fingerprint density at radius 2 is 1.82 bits per heavy atom. The lowest BCUT2D eigenvalue weighted by atomic mass is 9.96. The van der Waals surface area contributed by atoms with Crippen LogP contribution in [-0.4, -0.2) is 35.4 Å². The quantitative estimate of drug-likeness (QED) is 0.326. The van der Waals surface area contributed by atoms with Crippen molar-refractivity contribution in [2.24, 2.45) is 5.41 Å². The molecule has 3 rings (SSSR count). The summed E-state index contributed by atoms with van der Waals surface area (Å²) >= 11 is 12.1. The van der Waals surface area contributed by atoms with E-state index in [0.29, 0.717) is 34.5 Å². The van der Waals surface area contributed by atoms with Crippen LogP contribution in [0.5, 0.6) is 11.5 Å². The second kappa shape index (κ2) is 11.6. The second-order valence-corrected chi connectivity index (χ2v) is 9.52. The van der Waals surface area contributed by atoms with Crippen LogP contribution in [0.25, 0.3) is 11.3 Å². The molecule has 0 fully saturated rings. The number of ether oxygens (including phenoxy) is 3. The van der Waals surface area contributed by atoms with Gasteiger partial charge in [-0.2, -0.15) is 0 Å². The number of phenolic OH excluding ortho intramolecular Hbond substituents is 1. The number of pyridine rings is 1. The van der Waals surface area contributed by atoms with Gasteiger partial charge in [0.2, 0.25) is 0 Å². The molecule has 34 heavy (non-hydrogen) atoms. The summed E-state index contributed by atoms with van der Waals surface area (Å²) < 4.78 is 16.8. The first-order valence-corrected chi connectivity index (χ1v) is 11.5. The van der Waals surface area contributed by atoms with Crippen molar-refractivity contribution in [2.75, 3.05) is 13.2 Å². The smallest absolute Gasteiger partial charge is 0.347 e. The summed E-state index contributed by atoms with van der Waals surface area (Å²) in [6, 6.07) is 16.1. The molecule has 6 nitrogen and oxygen atoms in total. The highest BCUT2D eigenvalue weighted by atomic mass is 35.5. The first kappa shape index (κ1) is 25.8. The molecule has 1 N–H and O–H groups in total. The number of rotatable bonds is 10. The summed E-state index contributed by atoms with van der Waals surface area (Å²) in [4.78, 5) is 16.6. The molecule has 0 bridgehead atoms. The Bertz CT molecular complexity index is 1120. The molecule has 8 heteroatoms. The number of carbonyl (C=O) groups excluding carboxylic acids is 1. The molecule has 0 saturated carbocycles. The van der Waals surface area contributed by atoms with Crippen LogP contribution < -0.4 is 4.74 Å². The maximum absolute atomic E-state index is 12.5. The normalized spacial score (nSPS) is 12.3. The molecule has 1 atom stereocenters. The first-order valence-electron chi connectivity index (χ1n) is 10.7. The van der Waals surface area contributed by atoms with Gasteiger partial charge in [0.1, 0.15) is 0 Å². The number of halogens is 2. The zero-order chi connectivity index (χ0) is 24.7. The van der Waals surface area contributed by atoms with Crippen molar-refractivity contribution in [1.82, 2.24) is 4.98 Å². The van der Waals surface area contributed by atoms with Gasteiger partial charge in [0.15, 0.2) is 17.6 Å². The summed E-state index contributed by atoms with van der Waals surface area (Å²) in [7, 11) is 0. The van der Waals surface area contributed by atoms with Gasteiger partial charge in [-0.3, -0.25) is 4.98 Å². The number of phenols is 1. The number of nitrogens with zero attached hydrogens (tertiary/aromatic N) is 1. The minimum atomic E-state index is -0.921. The van der Waals surface area contributed by atoms with Crippen molar-refractivity contribution in [2.45, 2.75) is 33.5 Å². The Morgan fingerprint density at radius 3 is 2.50 bits per heavy atom. The molecule has 0 radical (unpaired) electrons. The summed E-state index contributed by atoms with van der Waals surface area (Å²) in [5, 5.41) is 11.2. The van der Waals surface area contributed by atoms with Gasteiger partial charge >= 0.3 is 5.97 Å². The Kier molecular flexibility index (Phi) is 8.78. The third-order valence-corrected chi connectivity index (χ3v) is 5.38. The third-order valence-electron chi connectivity index (χ3n) is 4.89. The van der Waals surface area contributed by atoms with E-state index in [1.54, 1.807) is 25.1 Å². The molecule has 0 aliphatic rings. The first-order chi connectivity index (χ1) is 16.1. The molecule has 1 heterocycles. The van der Waals surface area contributed by atoms with Gasteiger partial charge in [-0.05, 0) is 36.8 Å². The van der Waals surface area contributed by atoms with E-state index >= 15 is 0 Å². The largest absolute Gasteiger partial charge is 0.504 e. The van der Waals surface area contributed by atoms with Crippen molar-refractivity contribution >= 4 is 29.2 Å². The monoisotopic (exact) mass is 503 g/mol. The lowest BCUT2D eigenvalue weighted by Crippen LogP contribution is -2.32. The number of benzene rings is 2. The molecule has 0 spiro atoms. The van der Waals surface area contributed by atoms with Crippen LogP contribution in [0.15, 0.2) is 60.8 Å². The number of carbonyl (C=O) groups is 1. The minimum absolute atomic E-state index is 0.142. The maximum Gasteiger partial charge on any atom is 0.347 e. The molecule has 2 aromatic carbocycles. The van der Waals surface area contributed by atoms with Gasteiger partial charge in [0.25, 0.3) is 0 Å². The van der Waals surface area contributed by atoms with E-state index in [0.717, 1.165) is 5.56 Å². The van der Waals surface area contributed by atoms with E-state index in [1.807, 2.05) is 44.2 Å². The van der Waals surface area contributed by atoms with Gasteiger partial charge in [0, 0.05) is 17.2 Å². The Hall–Kier alpha value is -2.80.